The minimum Gasteiger partial charge on any atom is -0.393 e. The Labute approximate surface area is 156 Å². The van der Waals surface area contributed by atoms with Crippen LogP contribution in [-0.2, 0) is 12.8 Å². The van der Waals surface area contributed by atoms with Crippen LogP contribution in [0.4, 0.5) is 5.82 Å². The van der Waals surface area contributed by atoms with Gasteiger partial charge in [0.05, 0.1) is 17.7 Å². The smallest absolute Gasteiger partial charge is 0.183 e. The van der Waals surface area contributed by atoms with Gasteiger partial charge in [0, 0.05) is 30.4 Å². The SMILES string of the molecule is OC1CCN(c2nc(-c3cnccn3)nc3sc4c(c23)CCCC4)CC1. The van der Waals surface area contributed by atoms with Gasteiger partial charge in [0.15, 0.2) is 5.82 Å². The molecule has 1 fully saturated rings. The van der Waals surface area contributed by atoms with Crippen LogP contribution in [0.2, 0.25) is 0 Å². The van der Waals surface area contributed by atoms with E-state index in [-0.39, 0.29) is 6.10 Å². The van der Waals surface area contributed by atoms with Gasteiger partial charge in [-0.2, -0.15) is 0 Å². The molecule has 3 aromatic rings. The maximum absolute atomic E-state index is 9.90. The van der Waals surface area contributed by atoms with Crippen LogP contribution in [0.15, 0.2) is 18.6 Å². The van der Waals surface area contributed by atoms with E-state index < -0.39 is 0 Å². The molecule has 2 aliphatic rings. The Hall–Kier alpha value is -2.12. The van der Waals surface area contributed by atoms with Gasteiger partial charge in [-0.05, 0) is 44.1 Å². The lowest BCUT2D eigenvalue weighted by Crippen LogP contribution is -2.36. The largest absolute Gasteiger partial charge is 0.393 e. The topological polar surface area (TPSA) is 75.0 Å². The monoisotopic (exact) mass is 367 g/mol. The molecular weight excluding hydrogens is 346 g/mol. The minimum absolute atomic E-state index is 0.195. The first-order chi connectivity index (χ1) is 12.8. The molecule has 0 atom stereocenters. The summed E-state index contributed by atoms with van der Waals surface area (Å²) in [6.45, 7) is 1.66. The van der Waals surface area contributed by atoms with Crippen LogP contribution < -0.4 is 4.90 Å². The van der Waals surface area contributed by atoms with Gasteiger partial charge in [-0.3, -0.25) is 4.98 Å². The number of aliphatic hydroxyl groups excluding tert-OH is 1. The molecule has 0 bridgehead atoms. The molecule has 1 aliphatic carbocycles. The van der Waals surface area contributed by atoms with Gasteiger partial charge in [-0.1, -0.05) is 0 Å². The molecule has 5 rings (SSSR count). The number of nitrogens with zero attached hydrogens (tertiary/aromatic N) is 5. The number of rotatable bonds is 2. The van der Waals surface area contributed by atoms with Crippen molar-refractivity contribution in [1.82, 2.24) is 19.9 Å². The van der Waals surface area contributed by atoms with E-state index in [0.29, 0.717) is 11.5 Å². The lowest BCUT2D eigenvalue weighted by Gasteiger charge is -2.31. The van der Waals surface area contributed by atoms with Gasteiger partial charge < -0.3 is 10.0 Å². The molecule has 0 aromatic carbocycles. The molecule has 0 unspecified atom stereocenters. The van der Waals surface area contributed by atoms with Crippen LogP contribution in [0.3, 0.4) is 0 Å². The van der Waals surface area contributed by atoms with Gasteiger partial charge in [-0.25, -0.2) is 15.0 Å². The van der Waals surface area contributed by atoms with Crippen molar-refractivity contribution in [2.24, 2.45) is 0 Å². The van der Waals surface area contributed by atoms with E-state index in [1.165, 1.54) is 28.7 Å². The van der Waals surface area contributed by atoms with Crippen molar-refractivity contribution >= 4 is 27.4 Å². The van der Waals surface area contributed by atoms with Gasteiger partial charge in [0.1, 0.15) is 16.3 Å². The first kappa shape index (κ1) is 16.1. The Morgan fingerprint density at radius 3 is 2.73 bits per heavy atom. The van der Waals surface area contributed by atoms with Gasteiger partial charge >= 0.3 is 0 Å². The number of thiophene rings is 1. The predicted octanol–water partition coefficient (Wildman–Crippen LogP) is 2.99. The normalized spacial score (nSPS) is 18.3. The van der Waals surface area contributed by atoms with Crippen molar-refractivity contribution in [1.29, 1.82) is 0 Å². The number of aryl methyl sites for hydroxylation is 2. The van der Waals surface area contributed by atoms with Crippen LogP contribution >= 0.6 is 11.3 Å². The van der Waals surface area contributed by atoms with Crippen molar-refractivity contribution in [3.05, 3.63) is 29.0 Å². The first-order valence-corrected chi connectivity index (χ1v) is 10.1. The molecule has 1 N–H and O–H groups in total. The van der Waals surface area contributed by atoms with E-state index in [0.717, 1.165) is 49.4 Å². The number of piperidine rings is 1. The Morgan fingerprint density at radius 2 is 1.92 bits per heavy atom. The number of aromatic nitrogens is 4. The van der Waals surface area contributed by atoms with Gasteiger partial charge in [0.25, 0.3) is 0 Å². The van der Waals surface area contributed by atoms with Gasteiger partial charge in [-0.15, -0.1) is 11.3 Å². The van der Waals surface area contributed by atoms with E-state index in [1.807, 2.05) is 11.3 Å². The number of aliphatic hydroxyl groups is 1. The second-order valence-electron chi connectivity index (χ2n) is 7.07. The van der Waals surface area contributed by atoms with E-state index in [9.17, 15) is 5.11 Å². The Bertz CT molecular complexity index is 934. The molecule has 0 spiro atoms. The molecule has 6 nitrogen and oxygen atoms in total. The third kappa shape index (κ3) is 2.75. The summed E-state index contributed by atoms with van der Waals surface area (Å²) in [6.07, 6.45) is 11.2. The molecule has 134 valence electrons. The maximum atomic E-state index is 9.90. The first-order valence-electron chi connectivity index (χ1n) is 9.31. The number of anilines is 1. The van der Waals surface area contributed by atoms with Crippen molar-refractivity contribution in [2.75, 3.05) is 18.0 Å². The standard InChI is InChI=1S/C19H21N5OS/c25-12-5-9-24(10-6-12)18-16-13-3-1-2-4-15(13)26-19(16)23-17(22-18)14-11-20-7-8-21-14/h7-8,11-12,25H,1-6,9-10H2. The number of fused-ring (bicyclic) bond motifs is 3. The summed E-state index contributed by atoms with van der Waals surface area (Å²) in [5, 5.41) is 11.1. The zero-order valence-electron chi connectivity index (χ0n) is 14.6. The number of hydrogen-bond donors (Lipinski definition) is 1. The molecule has 1 saturated heterocycles. The molecular formula is C19H21N5OS. The van der Waals surface area contributed by atoms with Crippen LogP contribution in [0.25, 0.3) is 21.7 Å². The van der Waals surface area contributed by atoms with Gasteiger partial charge in [0.2, 0.25) is 0 Å². The van der Waals surface area contributed by atoms with E-state index in [2.05, 4.69) is 14.9 Å². The summed E-state index contributed by atoms with van der Waals surface area (Å²) in [6, 6.07) is 0. The van der Waals surface area contributed by atoms with Crippen LogP contribution in [0, 0.1) is 0 Å². The molecule has 4 heterocycles. The summed E-state index contributed by atoms with van der Waals surface area (Å²) >= 11 is 1.81. The van der Waals surface area contributed by atoms with Crippen molar-refractivity contribution < 1.29 is 5.11 Å². The third-order valence-corrected chi connectivity index (χ3v) is 6.54. The average molecular weight is 367 g/mol. The number of hydrogen-bond acceptors (Lipinski definition) is 7. The summed E-state index contributed by atoms with van der Waals surface area (Å²) in [4.78, 5) is 23.2. The quantitative estimate of drug-likeness (QED) is 0.750. The Balaban J connectivity index is 1.70. The van der Waals surface area contributed by atoms with Crippen LogP contribution in [0.5, 0.6) is 0 Å². The fourth-order valence-electron chi connectivity index (χ4n) is 3.97. The van der Waals surface area contributed by atoms with E-state index >= 15 is 0 Å². The maximum Gasteiger partial charge on any atom is 0.183 e. The molecule has 3 aromatic heterocycles. The zero-order valence-corrected chi connectivity index (χ0v) is 15.4. The zero-order chi connectivity index (χ0) is 17.5. The summed E-state index contributed by atoms with van der Waals surface area (Å²) < 4.78 is 0. The lowest BCUT2D eigenvalue weighted by atomic mass is 9.96. The van der Waals surface area contributed by atoms with Crippen LogP contribution in [0.1, 0.15) is 36.1 Å². The minimum atomic E-state index is -0.195. The summed E-state index contributed by atoms with van der Waals surface area (Å²) in [5.41, 5.74) is 2.15. The fourth-order valence-corrected chi connectivity index (χ4v) is 5.23. The predicted molar refractivity (Wildman–Crippen MR) is 103 cm³/mol. The third-order valence-electron chi connectivity index (χ3n) is 5.35. The van der Waals surface area contributed by atoms with Crippen molar-refractivity contribution in [3.63, 3.8) is 0 Å². The molecule has 1 aliphatic heterocycles. The second-order valence-corrected chi connectivity index (χ2v) is 8.15. The molecule has 0 saturated carbocycles. The molecule has 0 radical (unpaired) electrons. The van der Waals surface area contributed by atoms with Crippen molar-refractivity contribution in [2.45, 2.75) is 44.6 Å². The molecule has 7 heteroatoms. The average Bonchev–Trinajstić information content (AvgIpc) is 3.07. The molecule has 0 amide bonds. The lowest BCUT2D eigenvalue weighted by molar-refractivity contribution is 0.145. The van der Waals surface area contributed by atoms with E-state index in [1.54, 1.807) is 18.6 Å². The van der Waals surface area contributed by atoms with Crippen LogP contribution in [-0.4, -0.2) is 44.2 Å². The summed E-state index contributed by atoms with van der Waals surface area (Å²) in [7, 11) is 0. The summed E-state index contributed by atoms with van der Waals surface area (Å²) in [5.74, 6) is 1.66. The Kier molecular flexibility index (Phi) is 4.05. The highest BCUT2D eigenvalue weighted by Crippen LogP contribution is 2.41. The highest BCUT2D eigenvalue weighted by Gasteiger charge is 2.26. The molecule has 26 heavy (non-hydrogen) atoms. The second kappa shape index (κ2) is 6.55. The highest BCUT2D eigenvalue weighted by molar-refractivity contribution is 7.19. The highest BCUT2D eigenvalue weighted by atomic mass is 32.1. The fraction of sp³-hybridized carbons (Fsp3) is 0.474. The Morgan fingerprint density at radius 1 is 1.08 bits per heavy atom. The van der Waals surface area contributed by atoms with Crippen molar-refractivity contribution in [3.8, 4) is 11.5 Å². The van der Waals surface area contributed by atoms with E-state index in [4.69, 9.17) is 9.97 Å².